The number of unbranched alkanes of at least 4 members (excludes halogenated alkanes) is 14. The Labute approximate surface area is 276 Å². The fourth-order valence-electron chi connectivity index (χ4n) is 5.01. The quantitative estimate of drug-likeness (QED) is 0.0438. The van der Waals surface area contributed by atoms with Gasteiger partial charge in [-0.1, -0.05) is 137 Å². The molecular weight excluding hydrogens is 593 g/mol. The van der Waals surface area contributed by atoms with E-state index < -0.39 is 32.5 Å². The van der Waals surface area contributed by atoms with Crippen molar-refractivity contribution in [3.8, 4) is 0 Å². The lowest BCUT2D eigenvalue weighted by atomic mass is 9.89. The Morgan fingerprint density at radius 1 is 0.733 bits per heavy atom. The van der Waals surface area contributed by atoms with Gasteiger partial charge < -0.3 is 29.1 Å². The van der Waals surface area contributed by atoms with Crippen LogP contribution in [-0.4, -0.2) is 44.4 Å². The van der Waals surface area contributed by atoms with Crippen molar-refractivity contribution in [3.05, 3.63) is 0 Å². The maximum Gasteiger partial charge on any atom is 0.306 e. The van der Waals surface area contributed by atoms with Crippen molar-refractivity contribution in [2.45, 2.75) is 176 Å². The summed E-state index contributed by atoms with van der Waals surface area (Å²) in [6.45, 7) is 10.4. The predicted octanol–water partition coefficient (Wildman–Crippen LogP) is 8.80. The van der Waals surface area contributed by atoms with Gasteiger partial charge in [-0.3, -0.25) is 14.2 Å². The van der Waals surface area contributed by atoms with E-state index in [1.165, 1.54) is 77.0 Å². The number of carbonyl (C=O) groups excluding carboxylic acids is 2. The zero-order chi connectivity index (χ0) is 33.8. The molecule has 0 aliphatic heterocycles. The van der Waals surface area contributed by atoms with Gasteiger partial charge in [-0.25, -0.2) is 0 Å². The molecule has 0 rings (SSSR count). The maximum atomic E-state index is 12.5. The lowest BCUT2D eigenvalue weighted by Crippen LogP contribution is -2.30. The summed E-state index contributed by atoms with van der Waals surface area (Å²) in [6, 6.07) is 0. The van der Waals surface area contributed by atoms with Gasteiger partial charge in [-0.05, 0) is 30.6 Å². The molecule has 0 aromatic heterocycles. The van der Waals surface area contributed by atoms with Crippen molar-refractivity contribution in [2.24, 2.45) is 17.1 Å². The van der Waals surface area contributed by atoms with Crippen LogP contribution in [0.25, 0.3) is 0 Å². The van der Waals surface area contributed by atoms with E-state index in [2.05, 4.69) is 39.1 Å². The molecule has 0 aliphatic carbocycles. The van der Waals surface area contributed by atoms with E-state index in [0.29, 0.717) is 11.8 Å². The summed E-state index contributed by atoms with van der Waals surface area (Å²) in [5, 5.41) is 0. The summed E-state index contributed by atoms with van der Waals surface area (Å²) in [6.07, 6.45) is 21.2. The van der Waals surface area contributed by atoms with Gasteiger partial charge in [0.25, 0.3) is 7.82 Å². The lowest BCUT2D eigenvalue weighted by molar-refractivity contribution is -0.228. The molecule has 3 atom stereocenters. The molecule has 0 amide bonds. The van der Waals surface area contributed by atoms with Crippen LogP contribution in [0, 0.1) is 11.3 Å². The number of ether oxygens (including phenoxy) is 2. The Kier molecular flexibility index (Phi) is 27.4. The first-order chi connectivity index (χ1) is 21.4. The summed E-state index contributed by atoms with van der Waals surface area (Å²) >= 11 is 0. The van der Waals surface area contributed by atoms with Gasteiger partial charge in [0, 0.05) is 19.4 Å². The molecule has 2 unspecified atom stereocenters. The Balaban J connectivity index is 4.28. The van der Waals surface area contributed by atoms with Gasteiger partial charge in [0.1, 0.15) is 6.61 Å². The zero-order valence-corrected chi connectivity index (χ0v) is 30.5. The van der Waals surface area contributed by atoms with Crippen molar-refractivity contribution in [2.75, 3.05) is 26.4 Å². The highest BCUT2D eigenvalue weighted by Crippen LogP contribution is 2.38. The van der Waals surface area contributed by atoms with Crippen LogP contribution in [0.1, 0.15) is 169 Å². The molecular formula is C35H69NO8P-. The van der Waals surface area contributed by atoms with Crippen molar-refractivity contribution in [1.29, 1.82) is 0 Å². The van der Waals surface area contributed by atoms with Gasteiger partial charge in [0.15, 0.2) is 6.10 Å². The summed E-state index contributed by atoms with van der Waals surface area (Å²) in [5.74, 6) is -0.0465. The van der Waals surface area contributed by atoms with E-state index in [0.717, 1.165) is 44.4 Å². The first-order valence-electron chi connectivity index (χ1n) is 18.0. The number of rotatable bonds is 31. The van der Waals surface area contributed by atoms with Gasteiger partial charge >= 0.3 is 11.9 Å². The number of hydrogen-bond acceptors (Lipinski definition) is 9. The van der Waals surface area contributed by atoms with Crippen molar-refractivity contribution in [3.63, 3.8) is 0 Å². The molecule has 0 heterocycles. The molecule has 0 spiro atoms. The molecule has 0 fully saturated rings. The number of hydrogen-bond donors (Lipinski definition) is 1. The summed E-state index contributed by atoms with van der Waals surface area (Å²) in [5.41, 5.74) is 5.70. The Hall–Kier alpha value is -0.990. The SMILES string of the molecule is CCC(C)CCCCCCCCCCC(=O)O[C@@H](COC(=O)CCCCCCCCCCC(C)(C)C)COP(=O)([O-])OCCN. The molecule has 0 saturated carbocycles. The first-order valence-corrected chi connectivity index (χ1v) is 19.5. The molecule has 2 N–H and O–H groups in total. The topological polar surface area (TPSA) is 137 Å². The standard InChI is InChI=1S/C35H70NO8P/c1-6-31(2)23-19-15-11-7-8-13-17-21-25-34(38)44-32(30-43-45(39,40)42-28-27-36)29-41-33(37)24-20-16-12-9-10-14-18-22-26-35(3,4)5/h31-32H,6-30,36H2,1-5H3,(H,39,40)/p-1/t31?,32-/m0/s1. The second-order valence-corrected chi connectivity index (χ2v) is 15.3. The Bertz CT molecular complexity index is 773. The molecule has 0 bridgehead atoms. The molecule has 268 valence electrons. The van der Waals surface area contributed by atoms with Crippen LogP contribution >= 0.6 is 7.82 Å². The monoisotopic (exact) mass is 662 g/mol. The van der Waals surface area contributed by atoms with E-state index in [-0.39, 0.29) is 32.6 Å². The molecule has 45 heavy (non-hydrogen) atoms. The Morgan fingerprint density at radius 2 is 1.22 bits per heavy atom. The third-order valence-corrected chi connectivity index (χ3v) is 9.06. The van der Waals surface area contributed by atoms with Gasteiger partial charge in [-0.15, -0.1) is 0 Å². The first kappa shape index (κ1) is 44.0. The highest BCUT2D eigenvalue weighted by Gasteiger charge is 2.21. The average Bonchev–Trinajstić information content (AvgIpc) is 2.98. The van der Waals surface area contributed by atoms with E-state index >= 15 is 0 Å². The zero-order valence-electron chi connectivity index (χ0n) is 29.6. The number of nitrogens with two attached hydrogens (primary N) is 1. The minimum atomic E-state index is -4.61. The number of carbonyl (C=O) groups is 2. The number of phosphoric ester groups is 1. The lowest BCUT2D eigenvalue weighted by Gasteiger charge is -2.25. The van der Waals surface area contributed by atoms with Crippen molar-refractivity contribution >= 4 is 19.8 Å². The van der Waals surface area contributed by atoms with Crippen LogP contribution < -0.4 is 10.6 Å². The maximum absolute atomic E-state index is 12.5. The van der Waals surface area contributed by atoms with E-state index in [1.807, 2.05) is 0 Å². The molecule has 0 radical (unpaired) electrons. The minimum absolute atomic E-state index is 0.0152. The summed E-state index contributed by atoms with van der Waals surface area (Å²) in [4.78, 5) is 36.7. The van der Waals surface area contributed by atoms with Crippen LogP contribution in [0.15, 0.2) is 0 Å². The van der Waals surface area contributed by atoms with E-state index in [1.54, 1.807) is 0 Å². The molecule has 0 aliphatic rings. The highest BCUT2D eigenvalue weighted by molar-refractivity contribution is 7.45. The molecule has 9 nitrogen and oxygen atoms in total. The van der Waals surface area contributed by atoms with E-state index in [4.69, 9.17) is 19.7 Å². The third-order valence-electron chi connectivity index (χ3n) is 8.10. The molecule has 0 aromatic rings. The second kappa shape index (κ2) is 28.1. The molecule has 0 saturated heterocycles. The number of phosphoric acid groups is 1. The van der Waals surface area contributed by atoms with Crippen LogP contribution in [-0.2, 0) is 32.7 Å². The number of esters is 2. The Morgan fingerprint density at radius 3 is 1.73 bits per heavy atom. The normalized spacial score (nSPS) is 14.6. The minimum Gasteiger partial charge on any atom is -0.756 e. The van der Waals surface area contributed by atoms with Crippen molar-refractivity contribution < 1.29 is 37.6 Å². The van der Waals surface area contributed by atoms with Gasteiger partial charge in [-0.2, -0.15) is 0 Å². The largest absolute Gasteiger partial charge is 0.756 e. The van der Waals surface area contributed by atoms with Crippen LogP contribution in [0.3, 0.4) is 0 Å². The van der Waals surface area contributed by atoms with Crippen LogP contribution in [0.4, 0.5) is 0 Å². The third kappa shape index (κ3) is 31.4. The second-order valence-electron chi connectivity index (χ2n) is 13.9. The van der Waals surface area contributed by atoms with Crippen LogP contribution in [0.5, 0.6) is 0 Å². The average molecular weight is 663 g/mol. The smallest absolute Gasteiger partial charge is 0.306 e. The summed E-state index contributed by atoms with van der Waals surface area (Å²) < 4.78 is 32.2. The fourth-order valence-corrected chi connectivity index (χ4v) is 5.76. The van der Waals surface area contributed by atoms with Gasteiger partial charge in [0.2, 0.25) is 0 Å². The van der Waals surface area contributed by atoms with Gasteiger partial charge in [0.05, 0.1) is 13.2 Å². The van der Waals surface area contributed by atoms with Crippen molar-refractivity contribution in [1.82, 2.24) is 0 Å². The fraction of sp³-hybridized carbons (Fsp3) is 0.943. The highest BCUT2D eigenvalue weighted by atomic mass is 31.2. The van der Waals surface area contributed by atoms with Crippen LogP contribution in [0.2, 0.25) is 0 Å². The molecule has 0 aromatic carbocycles. The van der Waals surface area contributed by atoms with E-state index in [9.17, 15) is 19.0 Å². The molecule has 10 heteroatoms. The summed E-state index contributed by atoms with van der Waals surface area (Å²) in [7, 11) is -4.61. The predicted molar refractivity (Wildman–Crippen MR) is 181 cm³/mol.